The summed E-state index contributed by atoms with van der Waals surface area (Å²) in [5, 5.41) is 9.08. The summed E-state index contributed by atoms with van der Waals surface area (Å²) in [5.41, 5.74) is 0. The van der Waals surface area contributed by atoms with Crippen LogP contribution in [0.3, 0.4) is 0 Å². The van der Waals surface area contributed by atoms with Crippen molar-refractivity contribution < 1.29 is 9.84 Å². The fourth-order valence-corrected chi connectivity index (χ4v) is 2.04. The number of aliphatic hydroxyl groups excluding tert-OH is 1. The standard InChI is InChI=1S/C11H22O2/c1-3-10-5-4-6-11(7-10)13-8-9(2)12/h9-12H,3-8H2,1-2H3. The van der Waals surface area contributed by atoms with Crippen LogP contribution in [0.2, 0.25) is 0 Å². The van der Waals surface area contributed by atoms with Crippen molar-refractivity contribution >= 4 is 0 Å². The van der Waals surface area contributed by atoms with E-state index in [1.54, 1.807) is 6.92 Å². The molecule has 2 nitrogen and oxygen atoms in total. The van der Waals surface area contributed by atoms with E-state index < -0.39 is 0 Å². The minimum atomic E-state index is -0.318. The van der Waals surface area contributed by atoms with E-state index in [0.29, 0.717) is 12.7 Å². The van der Waals surface area contributed by atoms with Crippen LogP contribution in [0.4, 0.5) is 0 Å². The smallest absolute Gasteiger partial charge is 0.0745 e. The monoisotopic (exact) mass is 186 g/mol. The molecule has 0 heterocycles. The first-order valence-corrected chi connectivity index (χ1v) is 5.52. The third-order valence-corrected chi connectivity index (χ3v) is 2.89. The highest BCUT2D eigenvalue weighted by Crippen LogP contribution is 2.28. The SMILES string of the molecule is CCC1CCCC(OCC(C)O)C1. The Hall–Kier alpha value is -0.0800. The Bertz CT molecular complexity index is 134. The van der Waals surface area contributed by atoms with Crippen LogP contribution in [0, 0.1) is 5.92 Å². The summed E-state index contributed by atoms with van der Waals surface area (Å²) >= 11 is 0. The second kappa shape index (κ2) is 5.61. The molecule has 1 fully saturated rings. The van der Waals surface area contributed by atoms with Gasteiger partial charge in [-0.3, -0.25) is 0 Å². The number of ether oxygens (including phenoxy) is 1. The zero-order valence-electron chi connectivity index (χ0n) is 8.83. The van der Waals surface area contributed by atoms with Crippen LogP contribution in [-0.2, 0) is 4.74 Å². The van der Waals surface area contributed by atoms with Crippen molar-refractivity contribution in [3.8, 4) is 0 Å². The maximum absolute atomic E-state index is 9.08. The molecule has 0 saturated heterocycles. The van der Waals surface area contributed by atoms with Crippen molar-refractivity contribution in [1.29, 1.82) is 0 Å². The Labute approximate surface area is 81.3 Å². The number of aliphatic hydroxyl groups is 1. The molecule has 13 heavy (non-hydrogen) atoms. The molecule has 0 bridgehead atoms. The number of hydrogen-bond acceptors (Lipinski definition) is 2. The molecule has 1 aliphatic carbocycles. The summed E-state index contributed by atoms with van der Waals surface area (Å²) in [6.45, 7) is 4.53. The first kappa shape index (κ1) is 11.0. The quantitative estimate of drug-likeness (QED) is 0.730. The van der Waals surface area contributed by atoms with Crippen LogP contribution < -0.4 is 0 Å². The van der Waals surface area contributed by atoms with E-state index in [1.807, 2.05) is 0 Å². The molecule has 1 aliphatic rings. The van der Waals surface area contributed by atoms with E-state index in [4.69, 9.17) is 9.84 Å². The average molecular weight is 186 g/mol. The first-order valence-electron chi connectivity index (χ1n) is 5.52. The Morgan fingerprint density at radius 3 is 2.85 bits per heavy atom. The number of rotatable bonds is 4. The molecule has 0 aliphatic heterocycles. The van der Waals surface area contributed by atoms with Crippen LogP contribution in [0.5, 0.6) is 0 Å². The van der Waals surface area contributed by atoms with Gasteiger partial charge in [-0.2, -0.15) is 0 Å². The molecular formula is C11H22O2. The van der Waals surface area contributed by atoms with Gasteiger partial charge in [0.15, 0.2) is 0 Å². The van der Waals surface area contributed by atoms with Crippen LogP contribution in [0.15, 0.2) is 0 Å². The highest BCUT2D eigenvalue weighted by Gasteiger charge is 2.21. The van der Waals surface area contributed by atoms with E-state index in [-0.39, 0.29) is 6.10 Å². The molecule has 3 unspecified atom stereocenters. The first-order chi connectivity index (χ1) is 6.22. The predicted molar refractivity (Wildman–Crippen MR) is 53.7 cm³/mol. The molecule has 0 spiro atoms. The molecule has 1 rings (SSSR count). The Kier molecular flexibility index (Phi) is 4.74. The van der Waals surface area contributed by atoms with Crippen LogP contribution >= 0.6 is 0 Å². The van der Waals surface area contributed by atoms with Gasteiger partial charge >= 0.3 is 0 Å². The van der Waals surface area contributed by atoms with Crippen molar-refractivity contribution in [3.63, 3.8) is 0 Å². The molecule has 78 valence electrons. The third kappa shape index (κ3) is 4.10. The fraction of sp³-hybridized carbons (Fsp3) is 1.00. The molecule has 0 amide bonds. The van der Waals surface area contributed by atoms with E-state index in [9.17, 15) is 0 Å². The Balaban J connectivity index is 2.18. The maximum atomic E-state index is 9.08. The van der Waals surface area contributed by atoms with Crippen molar-refractivity contribution in [2.45, 2.75) is 58.2 Å². The van der Waals surface area contributed by atoms with Gasteiger partial charge in [0.1, 0.15) is 0 Å². The van der Waals surface area contributed by atoms with Crippen LogP contribution in [-0.4, -0.2) is 23.9 Å². The molecular weight excluding hydrogens is 164 g/mol. The van der Waals surface area contributed by atoms with Crippen LogP contribution in [0.1, 0.15) is 46.0 Å². The zero-order chi connectivity index (χ0) is 9.68. The minimum Gasteiger partial charge on any atom is -0.391 e. The topological polar surface area (TPSA) is 29.5 Å². The molecule has 1 N–H and O–H groups in total. The normalized spacial score (nSPS) is 31.6. The molecule has 3 atom stereocenters. The van der Waals surface area contributed by atoms with Gasteiger partial charge in [-0.05, 0) is 25.7 Å². The summed E-state index contributed by atoms with van der Waals surface area (Å²) < 4.78 is 5.63. The Morgan fingerprint density at radius 1 is 1.46 bits per heavy atom. The molecule has 0 aromatic heterocycles. The van der Waals surface area contributed by atoms with Crippen LogP contribution in [0.25, 0.3) is 0 Å². The van der Waals surface area contributed by atoms with Crippen molar-refractivity contribution in [2.75, 3.05) is 6.61 Å². The lowest BCUT2D eigenvalue weighted by Crippen LogP contribution is -2.25. The number of hydrogen-bond donors (Lipinski definition) is 1. The molecule has 1 saturated carbocycles. The highest BCUT2D eigenvalue weighted by molar-refractivity contribution is 4.72. The van der Waals surface area contributed by atoms with Gasteiger partial charge in [-0.25, -0.2) is 0 Å². The fourth-order valence-electron chi connectivity index (χ4n) is 2.04. The lowest BCUT2D eigenvalue weighted by Gasteiger charge is -2.28. The summed E-state index contributed by atoms with van der Waals surface area (Å²) in [4.78, 5) is 0. The lowest BCUT2D eigenvalue weighted by atomic mass is 9.85. The zero-order valence-corrected chi connectivity index (χ0v) is 8.83. The molecule has 2 heteroatoms. The summed E-state index contributed by atoms with van der Waals surface area (Å²) in [6.07, 6.45) is 6.41. The van der Waals surface area contributed by atoms with Crippen molar-refractivity contribution in [1.82, 2.24) is 0 Å². The van der Waals surface area contributed by atoms with Gasteiger partial charge in [0, 0.05) is 0 Å². The molecule has 0 aromatic rings. The maximum Gasteiger partial charge on any atom is 0.0745 e. The van der Waals surface area contributed by atoms with E-state index in [2.05, 4.69) is 6.92 Å². The summed E-state index contributed by atoms with van der Waals surface area (Å²) in [6, 6.07) is 0. The lowest BCUT2D eigenvalue weighted by molar-refractivity contribution is -0.0279. The average Bonchev–Trinajstić information content (AvgIpc) is 2.15. The minimum absolute atomic E-state index is 0.318. The van der Waals surface area contributed by atoms with Gasteiger partial charge in [-0.15, -0.1) is 0 Å². The van der Waals surface area contributed by atoms with E-state index in [1.165, 1.54) is 32.1 Å². The summed E-state index contributed by atoms with van der Waals surface area (Å²) in [7, 11) is 0. The third-order valence-electron chi connectivity index (χ3n) is 2.89. The van der Waals surface area contributed by atoms with Gasteiger partial charge in [0.2, 0.25) is 0 Å². The second-order valence-corrected chi connectivity index (χ2v) is 4.25. The highest BCUT2D eigenvalue weighted by atomic mass is 16.5. The van der Waals surface area contributed by atoms with Crippen molar-refractivity contribution in [2.24, 2.45) is 5.92 Å². The largest absolute Gasteiger partial charge is 0.391 e. The van der Waals surface area contributed by atoms with Crippen molar-refractivity contribution in [3.05, 3.63) is 0 Å². The Morgan fingerprint density at radius 2 is 2.23 bits per heavy atom. The van der Waals surface area contributed by atoms with Gasteiger partial charge in [0.25, 0.3) is 0 Å². The second-order valence-electron chi connectivity index (χ2n) is 4.25. The summed E-state index contributed by atoms with van der Waals surface area (Å²) in [5.74, 6) is 0.854. The van der Waals surface area contributed by atoms with E-state index in [0.717, 1.165) is 5.92 Å². The molecule has 0 aromatic carbocycles. The van der Waals surface area contributed by atoms with Gasteiger partial charge in [-0.1, -0.05) is 26.2 Å². The molecule has 0 radical (unpaired) electrons. The van der Waals surface area contributed by atoms with Gasteiger partial charge in [0.05, 0.1) is 18.8 Å². The van der Waals surface area contributed by atoms with Gasteiger partial charge < -0.3 is 9.84 Å². The van der Waals surface area contributed by atoms with E-state index >= 15 is 0 Å². The predicted octanol–water partition coefficient (Wildman–Crippen LogP) is 2.35.